The molecule has 0 amide bonds. The van der Waals surface area contributed by atoms with E-state index in [2.05, 4.69) is 4.18 Å². The molecular weight excluding hydrogens is 407 g/mol. The van der Waals surface area contributed by atoms with Gasteiger partial charge >= 0.3 is 15.6 Å². The zero-order valence-electron chi connectivity index (χ0n) is 13.6. The third-order valence-electron chi connectivity index (χ3n) is 3.69. The Morgan fingerprint density at radius 3 is 2.15 bits per heavy atom. The smallest absolute Gasteiger partial charge is 0.376 e. The van der Waals surface area contributed by atoms with E-state index in [1.54, 1.807) is 19.1 Å². The van der Waals surface area contributed by atoms with Crippen LogP contribution in [0.4, 0.5) is 13.2 Å². The molecule has 144 valence electrons. The van der Waals surface area contributed by atoms with Crippen molar-refractivity contribution < 1.29 is 34.2 Å². The SMILES string of the molecule is Cc1ccc(S(=O)(=O)n2ccc3cc(OS(=O)(=O)C(F)(F)F)ccc32)cc1. The molecule has 0 aliphatic rings. The summed E-state index contributed by atoms with van der Waals surface area (Å²) in [5.41, 5.74) is -4.53. The largest absolute Gasteiger partial charge is 0.534 e. The maximum Gasteiger partial charge on any atom is 0.534 e. The summed E-state index contributed by atoms with van der Waals surface area (Å²) in [6.07, 6.45) is 1.22. The van der Waals surface area contributed by atoms with E-state index >= 15 is 0 Å². The molecule has 0 saturated heterocycles. The number of fused-ring (bicyclic) bond motifs is 1. The van der Waals surface area contributed by atoms with Crippen LogP contribution in [-0.2, 0) is 20.1 Å². The van der Waals surface area contributed by atoms with Gasteiger partial charge in [0, 0.05) is 11.6 Å². The van der Waals surface area contributed by atoms with Crippen LogP contribution in [0, 0.1) is 6.92 Å². The van der Waals surface area contributed by atoms with Crippen molar-refractivity contribution >= 4 is 31.0 Å². The number of aromatic nitrogens is 1. The van der Waals surface area contributed by atoms with Gasteiger partial charge in [-0.1, -0.05) is 17.7 Å². The molecule has 0 radical (unpaired) electrons. The average molecular weight is 419 g/mol. The lowest BCUT2D eigenvalue weighted by atomic mass is 10.2. The summed E-state index contributed by atoms with van der Waals surface area (Å²) in [5.74, 6) is -0.578. The van der Waals surface area contributed by atoms with Gasteiger partial charge < -0.3 is 4.18 Å². The van der Waals surface area contributed by atoms with E-state index in [-0.39, 0.29) is 15.8 Å². The Morgan fingerprint density at radius 1 is 0.926 bits per heavy atom. The van der Waals surface area contributed by atoms with Crippen LogP contribution in [-0.4, -0.2) is 26.3 Å². The van der Waals surface area contributed by atoms with Crippen molar-refractivity contribution in [3.05, 3.63) is 60.3 Å². The van der Waals surface area contributed by atoms with Crippen molar-refractivity contribution in [2.24, 2.45) is 0 Å². The topological polar surface area (TPSA) is 82.4 Å². The Bertz CT molecular complexity index is 1210. The van der Waals surface area contributed by atoms with Crippen LogP contribution >= 0.6 is 0 Å². The first-order valence-corrected chi connectivity index (χ1v) is 10.2. The predicted octanol–water partition coefficient (Wildman–Crippen LogP) is 3.42. The highest BCUT2D eigenvalue weighted by Crippen LogP contribution is 2.30. The molecule has 0 aliphatic heterocycles. The van der Waals surface area contributed by atoms with Crippen molar-refractivity contribution in [3.8, 4) is 5.75 Å². The Kier molecular flexibility index (Phi) is 4.47. The van der Waals surface area contributed by atoms with Crippen LogP contribution in [0.15, 0.2) is 59.6 Å². The highest BCUT2D eigenvalue weighted by Gasteiger charge is 2.48. The summed E-state index contributed by atoms with van der Waals surface area (Å²) in [6, 6.07) is 10.6. The summed E-state index contributed by atoms with van der Waals surface area (Å²) in [7, 11) is -9.75. The highest BCUT2D eigenvalue weighted by molar-refractivity contribution is 7.90. The molecule has 27 heavy (non-hydrogen) atoms. The number of hydrogen-bond donors (Lipinski definition) is 0. The van der Waals surface area contributed by atoms with Gasteiger partial charge in [0.25, 0.3) is 10.0 Å². The van der Waals surface area contributed by atoms with Gasteiger partial charge in [0.1, 0.15) is 5.75 Å². The molecule has 1 heterocycles. The molecule has 0 fully saturated rings. The standard InChI is InChI=1S/C16H12F3NO5S2/c1-11-2-5-14(6-3-11)26(21,22)20-9-8-12-10-13(4-7-15(12)20)25-27(23,24)16(17,18)19/h2-10H,1H3. The summed E-state index contributed by atoms with van der Waals surface area (Å²) < 4.78 is 89.9. The quantitative estimate of drug-likeness (QED) is 0.478. The fraction of sp³-hybridized carbons (Fsp3) is 0.125. The Hall–Kier alpha value is -2.53. The average Bonchev–Trinajstić information content (AvgIpc) is 2.97. The fourth-order valence-electron chi connectivity index (χ4n) is 2.35. The van der Waals surface area contributed by atoms with Crippen LogP contribution in [0.5, 0.6) is 5.75 Å². The number of rotatable bonds is 4. The Labute approximate surface area is 153 Å². The van der Waals surface area contributed by atoms with Crippen molar-refractivity contribution in [2.45, 2.75) is 17.3 Å². The number of nitrogens with zero attached hydrogens (tertiary/aromatic N) is 1. The maximum atomic E-state index is 12.8. The molecule has 3 rings (SSSR count). The van der Waals surface area contributed by atoms with Gasteiger partial charge in [-0.2, -0.15) is 21.6 Å². The zero-order chi connectivity index (χ0) is 20.0. The minimum absolute atomic E-state index is 0.0329. The lowest BCUT2D eigenvalue weighted by Gasteiger charge is -2.10. The number of aryl methyl sites for hydroxylation is 1. The minimum atomic E-state index is -5.81. The Morgan fingerprint density at radius 2 is 1.56 bits per heavy atom. The van der Waals surface area contributed by atoms with Crippen LogP contribution in [0.3, 0.4) is 0 Å². The molecule has 0 spiro atoms. The van der Waals surface area contributed by atoms with E-state index in [0.29, 0.717) is 0 Å². The molecule has 3 aromatic rings. The van der Waals surface area contributed by atoms with Crippen LogP contribution in [0.1, 0.15) is 5.56 Å². The second-order valence-corrected chi connectivity index (χ2v) is 8.99. The van der Waals surface area contributed by atoms with Gasteiger partial charge in [-0.25, -0.2) is 12.4 Å². The van der Waals surface area contributed by atoms with E-state index in [0.717, 1.165) is 21.7 Å². The number of hydrogen-bond acceptors (Lipinski definition) is 5. The first kappa shape index (κ1) is 19.2. The molecule has 1 aromatic heterocycles. The van der Waals surface area contributed by atoms with Gasteiger partial charge in [-0.15, -0.1) is 0 Å². The lowest BCUT2D eigenvalue weighted by molar-refractivity contribution is -0.0500. The fourth-order valence-corrected chi connectivity index (χ4v) is 4.16. The summed E-state index contributed by atoms with van der Waals surface area (Å²) >= 11 is 0. The highest BCUT2D eigenvalue weighted by atomic mass is 32.2. The number of halogens is 3. The first-order valence-electron chi connectivity index (χ1n) is 7.36. The number of alkyl halides is 3. The first-order chi connectivity index (χ1) is 12.4. The lowest BCUT2D eigenvalue weighted by Crippen LogP contribution is -2.28. The summed E-state index contributed by atoms with van der Waals surface area (Å²) in [5, 5.41) is 0.195. The normalized spacial score (nSPS) is 13.0. The number of benzene rings is 2. The third kappa shape index (κ3) is 3.52. The summed E-state index contributed by atoms with van der Waals surface area (Å²) in [4.78, 5) is 0.0329. The molecular formula is C16H12F3NO5S2. The molecule has 6 nitrogen and oxygen atoms in total. The van der Waals surface area contributed by atoms with Crippen molar-refractivity contribution in [1.29, 1.82) is 0 Å². The van der Waals surface area contributed by atoms with Gasteiger partial charge in [0.05, 0.1) is 10.4 Å². The van der Waals surface area contributed by atoms with Gasteiger partial charge in [-0.3, -0.25) is 0 Å². The molecule has 0 unspecified atom stereocenters. The van der Waals surface area contributed by atoms with Crippen molar-refractivity contribution in [3.63, 3.8) is 0 Å². The van der Waals surface area contributed by atoms with E-state index in [1.807, 2.05) is 0 Å². The second-order valence-electron chi connectivity index (χ2n) is 5.63. The van der Waals surface area contributed by atoms with Gasteiger partial charge in [0.15, 0.2) is 0 Å². The monoisotopic (exact) mass is 419 g/mol. The molecule has 0 saturated carbocycles. The zero-order valence-corrected chi connectivity index (χ0v) is 15.3. The molecule has 0 aliphatic carbocycles. The molecule has 0 atom stereocenters. The van der Waals surface area contributed by atoms with E-state index in [4.69, 9.17) is 0 Å². The second kappa shape index (κ2) is 6.27. The van der Waals surface area contributed by atoms with Gasteiger partial charge in [0.2, 0.25) is 0 Å². The molecule has 0 N–H and O–H groups in total. The predicted molar refractivity (Wildman–Crippen MR) is 91.3 cm³/mol. The molecule has 2 aromatic carbocycles. The van der Waals surface area contributed by atoms with Crippen molar-refractivity contribution in [2.75, 3.05) is 0 Å². The van der Waals surface area contributed by atoms with Crippen LogP contribution in [0.25, 0.3) is 10.9 Å². The minimum Gasteiger partial charge on any atom is -0.376 e. The van der Waals surface area contributed by atoms with E-state index in [1.165, 1.54) is 30.5 Å². The van der Waals surface area contributed by atoms with E-state index < -0.39 is 31.4 Å². The van der Waals surface area contributed by atoms with Crippen LogP contribution < -0.4 is 4.18 Å². The third-order valence-corrected chi connectivity index (χ3v) is 6.38. The van der Waals surface area contributed by atoms with Gasteiger partial charge in [-0.05, 0) is 43.3 Å². The van der Waals surface area contributed by atoms with Crippen molar-refractivity contribution in [1.82, 2.24) is 3.97 Å². The summed E-state index contributed by atoms with van der Waals surface area (Å²) in [6.45, 7) is 1.80. The van der Waals surface area contributed by atoms with Crippen LogP contribution in [0.2, 0.25) is 0 Å². The van der Waals surface area contributed by atoms with E-state index in [9.17, 15) is 30.0 Å². The maximum absolute atomic E-state index is 12.8. The molecule has 0 bridgehead atoms. The molecule has 11 heteroatoms. The Balaban J connectivity index is 2.03.